The summed E-state index contributed by atoms with van der Waals surface area (Å²) in [6, 6.07) is 4.35. The average Bonchev–Trinajstić information content (AvgIpc) is 2.22. The van der Waals surface area contributed by atoms with Crippen LogP contribution >= 0.6 is 11.6 Å². The van der Waals surface area contributed by atoms with Crippen LogP contribution in [-0.2, 0) is 6.42 Å². The van der Waals surface area contributed by atoms with Crippen molar-refractivity contribution in [3.05, 3.63) is 34.6 Å². The molecule has 0 fully saturated rings. The van der Waals surface area contributed by atoms with Gasteiger partial charge < -0.3 is 5.11 Å². The maximum Gasteiger partial charge on any atom is 0.123 e. The van der Waals surface area contributed by atoms with Crippen molar-refractivity contribution in [2.24, 2.45) is 5.92 Å². The van der Waals surface area contributed by atoms with Crippen LogP contribution in [0.3, 0.4) is 0 Å². The van der Waals surface area contributed by atoms with Crippen LogP contribution in [0.15, 0.2) is 18.2 Å². The monoisotopic (exact) mass is 230 g/mol. The van der Waals surface area contributed by atoms with Gasteiger partial charge in [0.05, 0.1) is 0 Å². The fourth-order valence-corrected chi connectivity index (χ4v) is 1.87. The van der Waals surface area contributed by atoms with Gasteiger partial charge in [0.25, 0.3) is 0 Å². The summed E-state index contributed by atoms with van der Waals surface area (Å²) in [5.74, 6) is -0.100. The van der Waals surface area contributed by atoms with E-state index in [-0.39, 0.29) is 18.3 Å². The third kappa shape index (κ3) is 3.80. The minimum absolute atomic E-state index is 0.126. The van der Waals surface area contributed by atoms with Gasteiger partial charge in [0.1, 0.15) is 5.82 Å². The molecular weight excluding hydrogens is 215 g/mol. The molecule has 1 unspecified atom stereocenters. The van der Waals surface area contributed by atoms with Crippen LogP contribution in [0.2, 0.25) is 5.02 Å². The lowest BCUT2D eigenvalue weighted by atomic mass is 9.96. The van der Waals surface area contributed by atoms with Crippen LogP contribution < -0.4 is 0 Å². The maximum absolute atomic E-state index is 13.0. The van der Waals surface area contributed by atoms with E-state index in [9.17, 15) is 4.39 Å². The summed E-state index contributed by atoms with van der Waals surface area (Å²) in [7, 11) is 0. The highest BCUT2D eigenvalue weighted by atomic mass is 35.5. The Morgan fingerprint density at radius 2 is 2.20 bits per heavy atom. The van der Waals surface area contributed by atoms with Gasteiger partial charge >= 0.3 is 0 Å². The summed E-state index contributed by atoms with van der Waals surface area (Å²) in [6.45, 7) is 2.19. The zero-order valence-corrected chi connectivity index (χ0v) is 9.60. The van der Waals surface area contributed by atoms with Crippen LogP contribution in [-0.4, -0.2) is 11.7 Å². The number of aliphatic hydroxyl groups excluding tert-OH is 1. The number of hydrogen-bond donors (Lipinski definition) is 1. The molecule has 0 saturated heterocycles. The molecule has 3 heteroatoms. The van der Waals surface area contributed by atoms with E-state index in [1.165, 1.54) is 12.1 Å². The van der Waals surface area contributed by atoms with Gasteiger partial charge in [-0.25, -0.2) is 4.39 Å². The predicted molar refractivity (Wildman–Crippen MR) is 60.6 cm³/mol. The normalized spacial score (nSPS) is 12.8. The molecule has 1 rings (SSSR count). The van der Waals surface area contributed by atoms with Crippen LogP contribution in [0, 0.1) is 11.7 Å². The van der Waals surface area contributed by atoms with Crippen molar-refractivity contribution >= 4 is 11.6 Å². The van der Waals surface area contributed by atoms with E-state index >= 15 is 0 Å². The molecule has 1 N–H and O–H groups in total. The van der Waals surface area contributed by atoms with Gasteiger partial charge in [-0.3, -0.25) is 0 Å². The standard InChI is InChI=1S/C12H16ClFO/c1-2-3-9(8-15)6-10-7-11(14)4-5-12(10)13/h4-5,7,9,15H,2-3,6,8H2,1H3. The fourth-order valence-electron chi connectivity index (χ4n) is 1.68. The van der Waals surface area contributed by atoms with Crippen molar-refractivity contribution in [3.63, 3.8) is 0 Å². The Morgan fingerprint density at radius 1 is 1.47 bits per heavy atom. The molecule has 0 heterocycles. The van der Waals surface area contributed by atoms with E-state index in [0.29, 0.717) is 11.4 Å². The molecule has 0 spiro atoms. The summed E-state index contributed by atoms with van der Waals surface area (Å²) in [4.78, 5) is 0. The Bertz CT molecular complexity index is 314. The van der Waals surface area contributed by atoms with Gasteiger partial charge in [-0.2, -0.15) is 0 Å². The quantitative estimate of drug-likeness (QED) is 0.822. The lowest BCUT2D eigenvalue weighted by Gasteiger charge is -2.13. The van der Waals surface area contributed by atoms with E-state index in [4.69, 9.17) is 16.7 Å². The molecule has 0 radical (unpaired) electrons. The number of halogens is 2. The van der Waals surface area contributed by atoms with Gasteiger partial charge in [-0.05, 0) is 42.5 Å². The van der Waals surface area contributed by atoms with Gasteiger partial charge in [-0.1, -0.05) is 24.9 Å². The molecule has 84 valence electrons. The molecule has 0 aromatic heterocycles. The van der Waals surface area contributed by atoms with Crippen LogP contribution in [0.4, 0.5) is 4.39 Å². The summed E-state index contributed by atoms with van der Waals surface area (Å²) in [5.41, 5.74) is 0.782. The number of benzene rings is 1. The van der Waals surface area contributed by atoms with E-state index in [0.717, 1.165) is 18.4 Å². The topological polar surface area (TPSA) is 20.2 Å². The van der Waals surface area contributed by atoms with Crippen LogP contribution in [0.25, 0.3) is 0 Å². The van der Waals surface area contributed by atoms with Gasteiger partial charge in [0.2, 0.25) is 0 Å². The Morgan fingerprint density at radius 3 is 2.80 bits per heavy atom. The zero-order valence-electron chi connectivity index (χ0n) is 8.84. The Hall–Kier alpha value is -0.600. The lowest BCUT2D eigenvalue weighted by Crippen LogP contribution is -2.09. The average molecular weight is 231 g/mol. The summed E-state index contributed by atoms with van der Waals surface area (Å²) < 4.78 is 13.0. The highest BCUT2D eigenvalue weighted by molar-refractivity contribution is 6.31. The second kappa shape index (κ2) is 6.09. The third-order valence-corrected chi connectivity index (χ3v) is 2.84. The summed E-state index contributed by atoms with van der Waals surface area (Å²) in [6.07, 6.45) is 2.59. The summed E-state index contributed by atoms with van der Waals surface area (Å²) in [5, 5.41) is 9.72. The van der Waals surface area contributed by atoms with E-state index in [1.54, 1.807) is 6.07 Å². The highest BCUT2D eigenvalue weighted by Gasteiger charge is 2.10. The number of aliphatic hydroxyl groups is 1. The molecule has 0 aliphatic heterocycles. The van der Waals surface area contributed by atoms with E-state index < -0.39 is 0 Å². The molecule has 0 bridgehead atoms. The molecule has 15 heavy (non-hydrogen) atoms. The van der Waals surface area contributed by atoms with Crippen molar-refractivity contribution in [2.75, 3.05) is 6.61 Å². The minimum atomic E-state index is -0.275. The minimum Gasteiger partial charge on any atom is -0.396 e. The van der Waals surface area contributed by atoms with Crippen molar-refractivity contribution in [1.82, 2.24) is 0 Å². The lowest BCUT2D eigenvalue weighted by molar-refractivity contribution is 0.217. The Kier molecular flexibility index (Phi) is 5.06. The van der Waals surface area contributed by atoms with E-state index in [2.05, 4.69) is 6.92 Å². The molecule has 0 aliphatic carbocycles. The fraction of sp³-hybridized carbons (Fsp3) is 0.500. The first-order valence-corrected chi connectivity index (χ1v) is 5.60. The molecule has 0 amide bonds. The second-order valence-electron chi connectivity index (χ2n) is 3.78. The summed E-state index contributed by atoms with van der Waals surface area (Å²) >= 11 is 5.95. The largest absolute Gasteiger partial charge is 0.396 e. The molecule has 1 nitrogen and oxygen atoms in total. The van der Waals surface area contributed by atoms with Crippen molar-refractivity contribution in [2.45, 2.75) is 26.2 Å². The first kappa shape index (κ1) is 12.5. The predicted octanol–water partition coefficient (Wildman–Crippen LogP) is 3.43. The molecule has 0 saturated carbocycles. The van der Waals surface area contributed by atoms with Crippen LogP contribution in [0.5, 0.6) is 0 Å². The van der Waals surface area contributed by atoms with Crippen molar-refractivity contribution in [3.8, 4) is 0 Å². The molecule has 1 atom stereocenters. The highest BCUT2D eigenvalue weighted by Crippen LogP contribution is 2.22. The number of hydrogen-bond acceptors (Lipinski definition) is 1. The van der Waals surface area contributed by atoms with Gasteiger partial charge in [-0.15, -0.1) is 0 Å². The van der Waals surface area contributed by atoms with Crippen molar-refractivity contribution in [1.29, 1.82) is 0 Å². The SMILES string of the molecule is CCCC(CO)Cc1cc(F)ccc1Cl. The van der Waals surface area contributed by atoms with Gasteiger partial charge in [0.15, 0.2) is 0 Å². The smallest absolute Gasteiger partial charge is 0.123 e. The van der Waals surface area contributed by atoms with E-state index in [1.807, 2.05) is 0 Å². The van der Waals surface area contributed by atoms with Crippen molar-refractivity contribution < 1.29 is 9.50 Å². The number of rotatable bonds is 5. The molecular formula is C12H16ClFO. The Balaban J connectivity index is 2.73. The molecule has 1 aromatic carbocycles. The van der Waals surface area contributed by atoms with Gasteiger partial charge in [0, 0.05) is 11.6 Å². The first-order valence-electron chi connectivity index (χ1n) is 5.22. The second-order valence-corrected chi connectivity index (χ2v) is 4.18. The van der Waals surface area contributed by atoms with Crippen LogP contribution in [0.1, 0.15) is 25.3 Å². The third-order valence-electron chi connectivity index (χ3n) is 2.47. The Labute approximate surface area is 94.9 Å². The zero-order chi connectivity index (χ0) is 11.3. The molecule has 1 aromatic rings. The maximum atomic E-state index is 13.0. The molecule has 0 aliphatic rings. The first-order chi connectivity index (χ1) is 7.17.